The first-order chi connectivity index (χ1) is 19.2. The van der Waals surface area contributed by atoms with Gasteiger partial charge in [-0.15, -0.1) is 0 Å². The number of nitrogens with one attached hydrogen (secondary N) is 2. The van der Waals surface area contributed by atoms with Crippen LogP contribution in [0.25, 0.3) is 33.5 Å². The molecule has 0 bridgehead atoms. The summed E-state index contributed by atoms with van der Waals surface area (Å²) in [5.74, 6) is 0.929. The summed E-state index contributed by atoms with van der Waals surface area (Å²) in [6.07, 6.45) is 0.333. The number of amides is 2. The summed E-state index contributed by atoms with van der Waals surface area (Å²) in [5.41, 5.74) is 6.62. The summed E-state index contributed by atoms with van der Waals surface area (Å²) >= 11 is 0. The lowest BCUT2D eigenvalue weighted by Gasteiger charge is -2.42. The molecule has 2 amide bonds. The number of hydrogen-bond acceptors (Lipinski definition) is 6. The first-order valence-corrected chi connectivity index (χ1v) is 13.6. The molecule has 0 saturated carbocycles. The van der Waals surface area contributed by atoms with E-state index in [1.165, 1.54) is 4.90 Å². The van der Waals surface area contributed by atoms with E-state index in [9.17, 15) is 19.8 Å². The molecule has 4 heterocycles. The summed E-state index contributed by atoms with van der Waals surface area (Å²) < 4.78 is 0. The monoisotopic (exact) mass is 543 g/mol. The van der Waals surface area contributed by atoms with Crippen LogP contribution in [0.2, 0.25) is 0 Å². The summed E-state index contributed by atoms with van der Waals surface area (Å²) in [4.78, 5) is 38.4. The molecule has 1 fully saturated rings. The number of carbonyl (C=O) groups excluding carboxylic acids is 1. The quantitative estimate of drug-likeness (QED) is 0.309. The summed E-state index contributed by atoms with van der Waals surface area (Å²) in [6, 6.07) is 11.1. The highest BCUT2D eigenvalue weighted by Crippen LogP contribution is 2.33. The van der Waals surface area contributed by atoms with Crippen LogP contribution in [0, 0.1) is 0 Å². The highest BCUT2D eigenvalue weighted by molar-refractivity contribution is 5.94. The Labute approximate surface area is 231 Å². The third kappa shape index (κ3) is 4.45. The Morgan fingerprint density at radius 3 is 2.73 bits per heavy atom. The summed E-state index contributed by atoms with van der Waals surface area (Å²) in [7, 11) is 1.93. The molecular formula is C29H33N7O4. The zero-order valence-corrected chi connectivity index (χ0v) is 22.8. The van der Waals surface area contributed by atoms with Crippen LogP contribution in [-0.4, -0.2) is 95.8 Å². The van der Waals surface area contributed by atoms with E-state index in [4.69, 9.17) is 4.98 Å². The van der Waals surface area contributed by atoms with Crippen LogP contribution in [0.5, 0.6) is 5.75 Å². The SMILES string of the molecule is CCc1cc(O)ccc1-c1ccc2c(-c3nc4c([nH]3)CN(C)[C@H](C(=O)N3CCN(C(=O)O)C[C@@H]3C)C4)n[nH]c2c1. The molecule has 11 heteroatoms. The van der Waals surface area contributed by atoms with Gasteiger partial charge < -0.3 is 25.0 Å². The molecule has 0 radical (unpaired) electrons. The molecular weight excluding hydrogens is 510 g/mol. The van der Waals surface area contributed by atoms with E-state index in [1.807, 2.05) is 31.0 Å². The number of rotatable bonds is 4. The van der Waals surface area contributed by atoms with Crippen LogP contribution >= 0.6 is 0 Å². The van der Waals surface area contributed by atoms with Crippen molar-refractivity contribution in [3.05, 3.63) is 53.3 Å². The Bertz CT molecular complexity index is 1610. The number of fused-ring (bicyclic) bond motifs is 2. The van der Waals surface area contributed by atoms with Crippen LogP contribution < -0.4 is 0 Å². The number of imidazole rings is 1. The van der Waals surface area contributed by atoms with Crippen LogP contribution in [0.15, 0.2) is 36.4 Å². The maximum atomic E-state index is 13.5. The van der Waals surface area contributed by atoms with Gasteiger partial charge in [-0.25, -0.2) is 9.78 Å². The topological polar surface area (TPSA) is 142 Å². The van der Waals surface area contributed by atoms with Crippen LogP contribution in [0.4, 0.5) is 4.79 Å². The highest BCUT2D eigenvalue weighted by Gasteiger charge is 2.38. The average Bonchev–Trinajstić information content (AvgIpc) is 3.55. The maximum Gasteiger partial charge on any atom is 0.407 e. The van der Waals surface area contributed by atoms with Crippen LogP contribution in [-0.2, 0) is 24.2 Å². The van der Waals surface area contributed by atoms with E-state index >= 15 is 0 Å². The minimum absolute atomic E-state index is 0.00802. The number of carbonyl (C=O) groups is 2. The number of phenols is 1. The van der Waals surface area contributed by atoms with Crippen LogP contribution in [0.3, 0.4) is 0 Å². The molecule has 2 aromatic heterocycles. The van der Waals surface area contributed by atoms with Gasteiger partial charge in [0.15, 0.2) is 5.82 Å². The van der Waals surface area contributed by atoms with Gasteiger partial charge in [0.05, 0.1) is 22.9 Å². The number of nitrogens with zero attached hydrogens (tertiary/aromatic N) is 5. The average molecular weight is 544 g/mol. The number of aromatic nitrogens is 4. The van der Waals surface area contributed by atoms with E-state index in [-0.39, 0.29) is 23.7 Å². The van der Waals surface area contributed by atoms with Gasteiger partial charge in [0.2, 0.25) is 5.91 Å². The fourth-order valence-corrected chi connectivity index (χ4v) is 6.00. The third-order valence-electron chi connectivity index (χ3n) is 8.22. The molecule has 40 heavy (non-hydrogen) atoms. The van der Waals surface area contributed by atoms with Crippen molar-refractivity contribution in [2.75, 3.05) is 26.7 Å². The van der Waals surface area contributed by atoms with Gasteiger partial charge in [0.25, 0.3) is 0 Å². The standard InChI is InChI=1S/C29H33N7O4/c1-4-17-11-19(37)6-8-20(17)18-5-7-21-22(12-18)32-33-26(21)27-30-23-13-25(34(3)15-24(23)31-27)28(38)36-10-9-35(29(39)40)14-16(36)2/h5-8,11-12,16,25,37H,4,9-10,13-15H2,1-3H3,(H,30,31)(H,32,33)(H,39,40)/t16-,25-/m0/s1. The Balaban J connectivity index is 1.24. The summed E-state index contributed by atoms with van der Waals surface area (Å²) in [6.45, 7) is 5.54. The van der Waals surface area contributed by atoms with Gasteiger partial charge >= 0.3 is 6.09 Å². The van der Waals surface area contributed by atoms with Crippen molar-refractivity contribution < 1.29 is 19.8 Å². The van der Waals surface area contributed by atoms with Crippen molar-refractivity contribution in [1.82, 2.24) is 34.9 Å². The third-order valence-corrected chi connectivity index (χ3v) is 8.22. The lowest BCUT2D eigenvalue weighted by atomic mass is 9.97. The predicted octanol–water partition coefficient (Wildman–Crippen LogP) is 3.46. The first-order valence-electron chi connectivity index (χ1n) is 13.6. The molecule has 2 aliphatic heterocycles. The molecule has 0 unspecified atom stereocenters. The molecule has 6 rings (SSSR count). The van der Waals surface area contributed by atoms with E-state index in [2.05, 4.69) is 34.2 Å². The number of phenolic OH excluding ortho intramolecular Hbond substituents is 1. The van der Waals surface area contributed by atoms with Crippen molar-refractivity contribution in [3.8, 4) is 28.4 Å². The second-order valence-electron chi connectivity index (χ2n) is 10.8. The second-order valence-corrected chi connectivity index (χ2v) is 10.8. The lowest BCUT2D eigenvalue weighted by Crippen LogP contribution is -2.59. The normalized spacial score (nSPS) is 19.7. The second kappa shape index (κ2) is 9.98. The maximum absolute atomic E-state index is 13.5. The Hall–Kier alpha value is -4.38. The number of likely N-dealkylation sites (N-methyl/N-ethyl adjacent to an activating group) is 1. The van der Waals surface area contributed by atoms with E-state index in [0.717, 1.165) is 51.1 Å². The number of piperazine rings is 1. The fraction of sp³-hybridized carbons (Fsp3) is 0.379. The van der Waals surface area contributed by atoms with Crippen molar-refractivity contribution in [2.24, 2.45) is 0 Å². The molecule has 0 aliphatic carbocycles. The number of benzene rings is 2. The van der Waals surface area contributed by atoms with Gasteiger partial charge in [-0.1, -0.05) is 19.1 Å². The number of H-pyrrole nitrogens is 2. The minimum atomic E-state index is -0.949. The van der Waals surface area contributed by atoms with E-state index < -0.39 is 6.09 Å². The zero-order chi connectivity index (χ0) is 28.1. The molecule has 4 N–H and O–H groups in total. The molecule has 208 valence electrons. The number of aromatic amines is 2. The van der Waals surface area contributed by atoms with Gasteiger partial charge in [0, 0.05) is 44.0 Å². The van der Waals surface area contributed by atoms with Crippen molar-refractivity contribution in [2.45, 2.75) is 45.3 Å². The molecule has 4 aromatic rings. The molecule has 1 saturated heterocycles. The minimum Gasteiger partial charge on any atom is -0.508 e. The van der Waals surface area contributed by atoms with Crippen molar-refractivity contribution in [1.29, 1.82) is 0 Å². The summed E-state index contributed by atoms with van der Waals surface area (Å²) in [5, 5.41) is 27.9. The number of hydrogen-bond donors (Lipinski definition) is 4. The number of aromatic hydroxyl groups is 1. The lowest BCUT2D eigenvalue weighted by molar-refractivity contribution is -0.141. The molecule has 11 nitrogen and oxygen atoms in total. The Morgan fingerprint density at radius 2 is 1.98 bits per heavy atom. The largest absolute Gasteiger partial charge is 0.508 e. The highest BCUT2D eigenvalue weighted by atomic mass is 16.4. The van der Waals surface area contributed by atoms with Crippen molar-refractivity contribution >= 4 is 22.9 Å². The van der Waals surface area contributed by atoms with Gasteiger partial charge in [-0.3, -0.25) is 14.8 Å². The number of carboxylic acid groups (broad SMARTS) is 1. The zero-order valence-electron chi connectivity index (χ0n) is 22.8. The van der Waals surface area contributed by atoms with E-state index in [0.29, 0.717) is 38.4 Å². The smallest absolute Gasteiger partial charge is 0.407 e. The van der Waals surface area contributed by atoms with Crippen LogP contribution in [0.1, 0.15) is 30.8 Å². The fourth-order valence-electron chi connectivity index (χ4n) is 6.00. The molecule has 2 aromatic carbocycles. The molecule has 0 spiro atoms. The van der Waals surface area contributed by atoms with Gasteiger partial charge in [0.1, 0.15) is 11.4 Å². The van der Waals surface area contributed by atoms with Crippen molar-refractivity contribution in [3.63, 3.8) is 0 Å². The van der Waals surface area contributed by atoms with E-state index in [1.54, 1.807) is 17.0 Å². The molecule has 2 atom stereocenters. The van der Waals surface area contributed by atoms with Gasteiger partial charge in [-0.05, 0) is 61.3 Å². The Kier molecular flexibility index (Phi) is 6.46. The predicted molar refractivity (Wildman–Crippen MR) is 150 cm³/mol. The van der Waals surface area contributed by atoms with Gasteiger partial charge in [-0.2, -0.15) is 5.10 Å². The molecule has 2 aliphatic rings. The number of aryl methyl sites for hydroxylation is 1. The Morgan fingerprint density at radius 1 is 1.15 bits per heavy atom. The first kappa shape index (κ1) is 25.9.